The molecular formula is C16H15BrN2O2S. The lowest BCUT2D eigenvalue weighted by Gasteiger charge is -2.09. The Morgan fingerprint density at radius 3 is 2.41 bits per heavy atom. The molecule has 1 N–H and O–H groups in total. The first-order chi connectivity index (χ1) is 10.4. The third-order valence-electron chi connectivity index (χ3n) is 3.59. The summed E-state index contributed by atoms with van der Waals surface area (Å²) < 4.78 is 27.9. The van der Waals surface area contributed by atoms with E-state index in [2.05, 4.69) is 21.2 Å². The van der Waals surface area contributed by atoms with Crippen molar-refractivity contribution in [1.29, 1.82) is 0 Å². The molecule has 0 bridgehead atoms. The SMILES string of the molecule is CNc1cc(Br)c2ccn(S(=O)(=O)c3ccc(C)cc3)c2c1. The molecule has 3 aromatic rings. The Morgan fingerprint density at radius 2 is 1.77 bits per heavy atom. The number of fused-ring (bicyclic) bond motifs is 1. The Bertz CT molecular complexity index is 944. The van der Waals surface area contributed by atoms with Gasteiger partial charge in [0, 0.05) is 28.8 Å². The second-order valence-corrected chi connectivity index (χ2v) is 7.74. The van der Waals surface area contributed by atoms with Gasteiger partial charge < -0.3 is 5.32 Å². The van der Waals surface area contributed by atoms with Crippen molar-refractivity contribution >= 4 is 42.5 Å². The quantitative estimate of drug-likeness (QED) is 0.749. The molecule has 0 spiro atoms. The maximum absolute atomic E-state index is 12.9. The van der Waals surface area contributed by atoms with Crippen LogP contribution in [0.15, 0.2) is 58.0 Å². The number of nitrogens with zero attached hydrogens (tertiary/aromatic N) is 1. The summed E-state index contributed by atoms with van der Waals surface area (Å²) in [6.45, 7) is 1.93. The van der Waals surface area contributed by atoms with Gasteiger partial charge in [-0.2, -0.15) is 0 Å². The number of aryl methyl sites for hydroxylation is 1. The summed E-state index contributed by atoms with van der Waals surface area (Å²) in [7, 11) is -1.81. The molecule has 0 atom stereocenters. The molecule has 0 radical (unpaired) electrons. The maximum atomic E-state index is 12.9. The van der Waals surface area contributed by atoms with Gasteiger partial charge in [-0.25, -0.2) is 12.4 Å². The van der Waals surface area contributed by atoms with Crippen LogP contribution in [0.2, 0.25) is 0 Å². The lowest BCUT2D eigenvalue weighted by molar-refractivity contribution is 0.589. The van der Waals surface area contributed by atoms with Gasteiger partial charge in [0.05, 0.1) is 10.4 Å². The minimum atomic E-state index is -3.61. The Kier molecular flexibility index (Phi) is 3.74. The van der Waals surface area contributed by atoms with E-state index in [9.17, 15) is 8.42 Å². The van der Waals surface area contributed by atoms with Crippen molar-refractivity contribution in [2.45, 2.75) is 11.8 Å². The second kappa shape index (κ2) is 5.44. The van der Waals surface area contributed by atoms with Crippen molar-refractivity contribution < 1.29 is 8.42 Å². The highest BCUT2D eigenvalue weighted by Gasteiger charge is 2.19. The Hall–Kier alpha value is -1.79. The molecule has 1 aromatic heterocycles. The summed E-state index contributed by atoms with van der Waals surface area (Å²) in [5, 5.41) is 3.89. The Balaban J connectivity index is 2.25. The number of halogens is 1. The van der Waals surface area contributed by atoms with Crippen LogP contribution in [0.4, 0.5) is 5.69 Å². The van der Waals surface area contributed by atoms with Crippen LogP contribution in [0.5, 0.6) is 0 Å². The van der Waals surface area contributed by atoms with Crippen LogP contribution >= 0.6 is 15.9 Å². The predicted molar refractivity (Wildman–Crippen MR) is 92.9 cm³/mol. The Labute approximate surface area is 137 Å². The molecular weight excluding hydrogens is 364 g/mol. The molecule has 3 rings (SSSR count). The topological polar surface area (TPSA) is 51.1 Å². The zero-order valence-electron chi connectivity index (χ0n) is 12.2. The van der Waals surface area contributed by atoms with E-state index in [-0.39, 0.29) is 4.90 Å². The van der Waals surface area contributed by atoms with Crippen LogP contribution in [-0.4, -0.2) is 19.4 Å². The van der Waals surface area contributed by atoms with Gasteiger partial charge >= 0.3 is 0 Å². The van der Waals surface area contributed by atoms with Gasteiger partial charge in [0.25, 0.3) is 10.0 Å². The van der Waals surface area contributed by atoms with E-state index in [1.165, 1.54) is 3.97 Å². The van der Waals surface area contributed by atoms with E-state index in [1.807, 2.05) is 19.1 Å². The summed E-state index contributed by atoms with van der Waals surface area (Å²) in [6.07, 6.45) is 1.59. The highest BCUT2D eigenvalue weighted by Crippen LogP contribution is 2.31. The van der Waals surface area contributed by atoms with Gasteiger partial charge in [-0.05, 0) is 37.3 Å². The van der Waals surface area contributed by atoms with Gasteiger partial charge in [-0.1, -0.05) is 33.6 Å². The van der Waals surface area contributed by atoms with Gasteiger partial charge in [-0.15, -0.1) is 0 Å². The largest absolute Gasteiger partial charge is 0.388 e. The van der Waals surface area contributed by atoms with E-state index < -0.39 is 10.0 Å². The van der Waals surface area contributed by atoms with Crippen molar-refractivity contribution in [1.82, 2.24) is 3.97 Å². The van der Waals surface area contributed by atoms with Gasteiger partial charge in [0.1, 0.15) is 0 Å². The normalized spacial score (nSPS) is 11.8. The number of benzene rings is 2. The highest BCUT2D eigenvalue weighted by atomic mass is 79.9. The van der Waals surface area contributed by atoms with E-state index in [0.717, 1.165) is 21.1 Å². The first-order valence-corrected chi connectivity index (χ1v) is 8.97. The molecule has 0 unspecified atom stereocenters. The molecule has 4 nitrogen and oxygen atoms in total. The third kappa shape index (κ3) is 2.42. The highest BCUT2D eigenvalue weighted by molar-refractivity contribution is 9.10. The van der Waals surface area contributed by atoms with Crippen LogP contribution in [0.3, 0.4) is 0 Å². The summed E-state index contributed by atoms with van der Waals surface area (Å²) in [6, 6.07) is 12.4. The van der Waals surface area contributed by atoms with Crippen molar-refractivity contribution in [2.75, 3.05) is 12.4 Å². The van der Waals surface area contributed by atoms with Gasteiger partial charge in [0.15, 0.2) is 0 Å². The molecule has 6 heteroatoms. The second-order valence-electron chi connectivity index (χ2n) is 5.07. The molecule has 0 saturated carbocycles. The fourth-order valence-corrected chi connectivity index (χ4v) is 4.27. The minimum absolute atomic E-state index is 0.279. The van der Waals surface area contributed by atoms with Crippen LogP contribution in [0.1, 0.15) is 5.56 Å². The monoisotopic (exact) mass is 378 g/mol. The Morgan fingerprint density at radius 1 is 1.09 bits per heavy atom. The number of nitrogens with one attached hydrogen (secondary N) is 1. The van der Waals surface area contributed by atoms with Gasteiger partial charge in [0.2, 0.25) is 0 Å². The fraction of sp³-hybridized carbons (Fsp3) is 0.125. The van der Waals surface area contributed by atoms with Crippen molar-refractivity contribution in [3.63, 3.8) is 0 Å². The van der Waals surface area contributed by atoms with E-state index in [1.54, 1.807) is 43.6 Å². The van der Waals surface area contributed by atoms with Crippen molar-refractivity contribution in [2.24, 2.45) is 0 Å². The number of hydrogen-bond acceptors (Lipinski definition) is 3. The van der Waals surface area contributed by atoms with E-state index in [4.69, 9.17) is 0 Å². The zero-order chi connectivity index (χ0) is 15.9. The lowest BCUT2D eigenvalue weighted by Crippen LogP contribution is -2.11. The maximum Gasteiger partial charge on any atom is 0.268 e. The smallest absolute Gasteiger partial charge is 0.268 e. The van der Waals surface area contributed by atoms with Crippen molar-refractivity contribution in [3.05, 3.63) is 58.7 Å². The summed E-state index contributed by atoms with van der Waals surface area (Å²) in [5.41, 5.74) is 2.51. The molecule has 0 aliphatic rings. The van der Waals surface area contributed by atoms with Gasteiger partial charge in [-0.3, -0.25) is 0 Å². The molecule has 0 saturated heterocycles. The van der Waals surface area contributed by atoms with Crippen LogP contribution < -0.4 is 5.32 Å². The first kappa shape index (κ1) is 15.1. The molecule has 114 valence electrons. The van der Waals surface area contributed by atoms with Crippen LogP contribution in [0.25, 0.3) is 10.9 Å². The molecule has 22 heavy (non-hydrogen) atoms. The molecule has 2 aromatic carbocycles. The molecule has 0 amide bonds. The average Bonchev–Trinajstić information content (AvgIpc) is 2.92. The number of hydrogen-bond donors (Lipinski definition) is 1. The summed E-state index contributed by atoms with van der Waals surface area (Å²) in [5.74, 6) is 0. The summed E-state index contributed by atoms with van der Waals surface area (Å²) >= 11 is 3.49. The number of aromatic nitrogens is 1. The summed E-state index contributed by atoms with van der Waals surface area (Å²) in [4.78, 5) is 0.279. The third-order valence-corrected chi connectivity index (χ3v) is 5.95. The molecule has 0 aliphatic carbocycles. The predicted octanol–water partition coefficient (Wildman–Crippen LogP) is 3.99. The lowest BCUT2D eigenvalue weighted by atomic mass is 10.2. The van der Waals surface area contributed by atoms with Crippen LogP contribution in [0, 0.1) is 6.92 Å². The molecule has 1 heterocycles. The first-order valence-electron chi connectivity index (χ1n) is 6.74. The molecule has 0 aliphatic heterocycles. The molecule has 0 fully saturated rings. The average molecular weight is 379 g/mol. The van der Waals surface area contributed by atoms with Crippen LogP contribution in [-0.2, 0) is 10.0 Å². The van der Waals surface area contributed by atoms with E-state index >= 15 is 0 Å². The number of rotatable bonds is 3. The number of anilines is 1. The van der Waals surface area contributed by atoms with Crippen molar-refractivity contribution in [3.8, 4) is 0 Å². The zero-order valence-corrected chi connectivity index (χ0v) is 14.6. The fourth-order valence-electron chi connectivity index (χ4n) is 2.35. The standard InChI is InChI=1S/C16H15BrN2O2S/c1-11-3-5-13(6-4-11)22(20,21)19-8-7-14-15(17)9-12(18-2)10-16(14)19/h3-10,18H,1-2H3. The minimum Gasteiger partial charge on any atom is -0.388 e. The van der Waals surface area contributed by atoms with E-state index in [0.29, 0.717) is 5.52 Å².